The lowest BCUT2D eigenvalue weighted by Gasteiger charge is -2.17. The number of hydrogen-bond donors (Lipinski definition) is 1. The first-order valence-electron chi connectivity index (χ1n) is 6.00. The Labute approximate surface area is 96.6 Å². The van der Waals surface area contributed by atoms with Gasteiger partial charge >= 0.3 is 0 Å². The molecule has 1 N–H and O–H groups in total. The van der Waals surface area contributed by atoms with Gasteiger partial charge in [0.2, 0.25) is 5.91 Å². The van der Waals surface area contributed by atoms with Gasteiger partial charge in [0.1, 0.15) is 0 Å². The molecule has 0 bridgehead atoms. The number of carbonyl (C=O) groups is 1. The van der Waals surface area contributed by atoms with Crippen molar-refractivity contribution in [2.45, 2.75) is 38.6 Å². The van der Waals surface area contributed by atoms with Crippen LogP contribution in [0.25, 0.3) is 0 Å². The zero-order valence-corrected chi connectivity index (χ0v) is 10.5. The zero-order valence-electron chi connectivity index (χ0n) is 9.66. The maximum absolute atomic E-state index is 11.9. The van der Waals surface area contributed by atoms with Crippen molar-refractivity contribution in [3.8, 4) is 0 Å². The van der Waals surface area contributed by atoms with Crippen LogP contribution in [0.4, 0.5) is 0 Å². The fraction of sp³-hybridized carbons (Fsp3) is 0.917. The molecular formula is C12H21NOS. The second-order valence-electron chi connectivity index (χ2n) is 5.12. The number of fused-ring (bicyclic) bond motifs is 1. The molecule has 2 aliphatic carbocycles. The third-order valence-corrected chi connectivity index (χ3v) is 4.40. The Morgan fingerprint density at radius 2 is 2.07 bits per heavy atom. The van der Waals surface area contributed by atoms with Gasteiger partial charge in [0.05, 0.1) is 0 Å². The summed E-state index contributed by atoms with van der Waals surface area (Å²) >= 11 is 1.85. The van der Waals surface area contributed by atoms with E-state index in [1.807, 2.05) is 11.8 Å². The van der Waals surface area contributed by atoms with Crippen molar-refractivity contribution in [2.24, 2.45) is 17.8 Å². The molecule has 0 saturated heterocycles. The normalized spacial score (nSPS) is 34.7. The fourth-order valence-electron chi connectivity index (χ4n) is 2.66. The van der Waals surface area contributed by atoms with E-state index >= 15 is 0 Å². The molecule has 3 unspecified atom stereocenters. The summed E-state index contributed by atoms with van der Waals surface area (Å²) in [6.45, 7) is 2.11. The first-order chi connectivity index (χ1) is 7.20. The average Bonchev–Trinajstić information content (AvgIpc) is 2.82. The number of nitrogens with one attached hydrogen (secondary N) is 1. The molecule has 1 amide bonds. The van der Waals surface area contributed by atoms with E-state index < -0.39 is 0 Å². The van der Waals surface area contributed by atoms with Crippen molar-refractivity contribution < 1.29 is 4.79 Å². The molecule has 0 heterocycles. The van der Waals surface area contributed by atoms with Crippen molar-refractivity contribution in [2.75, 3.05) is 12.0 Å². The van der Waals surface area contributed by atoms with Crippen LogP contribution in [0.15, 0.2) is 0 Å². The minimum atomic E-state index is 0.316. The van der Waals surface area contributed by atoms with E-state index in [4.69, 9.17) is 0 Å². The Bertz CT molecular complexity index is 234. The highest BCUT2D eigenvalue weighted by Crippen LogP contribution is 2.54. The highest BCUT2D eigenvalue weighted by Gasteiger charge is 2.47. The molecule has 3 atom stereocenters. The lowest BCUT2D eigenvalue weighted by molar-refractivity contribution is -0.125. The summed E-state index contributed by atoms with van der Waals surface area (Å²) < 4.78 is 0. The number of carbonyl (C=O) groups excluding carboxylic acids is 1. The van der Waals surface area contributed by atoms with Crippen molar-refractivity contribution in [1.82, 2.24) is 5.32 Å². The molecule has 0 aromatic rings. The summed E-state index contributed by atoms with van der Waals surface area (Å²) in [5.41, 5.74) is 0. The van der Waals surface area contributed by atoms with Crippen LogP contribution in [0.2, 0.25) is 0 Å². The molecule has 0 spiro atoms. The SMILES string of the molecule is CSCCC(C)NC(=O)C1CC2CC2C1. The van der Waals surface area contributed by atoms with E-state index in [9.17, 15) is 4.79 Å². The highest BCUT2D eigenvalue weighted by molar-refractivity contribution is 7.98. The first kappa shape index (κ1) is 11.3. The van der Waals surface area contributed by atoms with Gasteiger partial charge in [-0.1, -0.05) is 0 Å². The third kappa shape index (κ3) is 2.90. The Hall–Kier alpha value is -0.180. The number of amides is 1. The van der Waals surface area contributed by atoms with Gasteiger partial charge in [-0.15, -0.1) is 0 Å². The van der Waals surface area contributed by atoms with Crippen molar-refractivity contribution in [3.05, 3.63) is 0 Å². The standard InChI is InChI=1S/C12H21NOS/c1-8(3-4-15-2)13-12(14)11-6-9-5-10(9)7-11/h8-11H,3-7H2,1-2H3,(H,13,14). The van der Waals surface area contributed by atoms with Gasteiger partial charge < -0.3 is 5.32 Å². The molecule has 15 heavy (non-hydrogen) atoms. The van der Waals surface area contributed by atoms with E-state index in [0.29, 0.717) is 17.9 Å². The lowest BCUT2D eigenvalue weighted by Crippen LogP contribution is -2.37. The van der Waals surface area contributed by atoms with Gasteiger partial charge in [0.25, 0.3) is 0 Å². The molecule has 2 fully saturated rings. The van der Waals surface area contributed by atoms with Gasteiger partial charge in [0.15, 0.2) is 0 Å². The highest BCUT2D eigenvalue weighted by atomic mass is 32.2. The lowest BCUT2D eigenvalue weighted by atomic mass is 10.0. The van der Waals surface area contributed by atoms with Gasteiger partial charge in [-0.2, -0.15) is 11.8 Å². The summed E-state index contributed by atoms with van der Waals surface area (Å²) in [6.07, 6.45) is 6.91. The second kappa shape index (κ2) is 4.77. The summed E-state index contributed by atoms with van der Waals surface area (Å²) in [4.78, 5) is 11.9. The topological polar surface area (TPSA) is 29.1 Å². The van der Waals surface area contributed by atoms with Crippen LogP contribution in [0.1, 0.15) is 32.6 Å². The Balaban J connectivity index is 1.67. The molecule has 2 rings (SSSR count). The van der Waals surface area contributed by atoms with E-state index in [1.165, 1.54) is 6.42 Å². The molecule has 0 aromatic heterocycles. The minimum Gasteiger partial charge on any atom is -0.353 e. The Morgan fingerprint density at radius 1 is 1.40 bits per heavy atom. The van der Waals surface area contributed by atoms with Crippen LogP contribution in [0.3, 0.4) is 0 Å². The second-order valence-corrected chi connectivity index (χ2v) is 6.10. The largest absolute Gasteiger partial charge is 0.353 e. The number of hydrogen-bond acceptors (Lipinski definition) is 2. The molecule has 3 heteroatoms. The number of rotatable bonds is 5. The van der Waals surface area contributed by atoms with Crippen LogP contribution >= 0.6 is 11.8 Å². The fourth-order valence-corrected chi connectivity index (χ4v) is 3.25. The molecule has 2 aliphatic rings. The summed E-state index contributed by atoms with van der Waals surface area (Å²) in [7, 11) is 0. The van der Waals surface area contributed by atoms with Crippen LogP contribution in [0, 0.1) is 17.8 Å². The van der Waals surface area contributed by atoms with Gasteiger partial charge in [-0.3, -0.25) is 4.79 Å². The molecule has 2 saturated carbocycles. The van der Waals surface area contributed by atoms with Crippen LogP contribution in [0.5, 0.6) is 0 Å². The van der Waals surface area contributed by atoms with Gasteiger partial charge in [-0.25, -0.2) is 0 Å². The van der Waals surface area contributed by atoms with E-state index in [2.05, 4.69) is 18.5 Å². The van der Waals surface area contributed by atoms with E-state index in [0.717, 1.165) is 36.9 Å². The van der Waals surface area contributed by atoms with Crippen LogP contribution in [-0.2, 0) is 4.79 Å². The molecule has 2 nitrogen and oxygen atoms in total. The first-order valence-corrected chi connectivity index (χ1v) is 7.39. The van der Waals surface area contributed by atoms with E-state index in [1.54, 1.807) is 0 Å². The smallest absolute Gasteiger partial charge is 0.223 e. The maximum Gasteiger partial charge on any atom is 0.223 e. The van der Waals surface area contributed by atoms with Crippen molar-refractivity contribution in [1.29, 1.82) is 0 Å². The van der Waals surface area contributed by atoms with Gasteiger partial charge in [0, 0.05) is 12.0 Å². The monoisotopic (exact) mass is 227 g/mol. The predicted molar refractivity (Wildman–Crippen MR) is 64.9 cm³/mol. The summed E-state index contributed by atoms with van der Waals surface area (Å²) in [5.74, 6) is 3.60. The summed E-state index contributed by atoms with van der Waals surface area (Å²) in [6, 6.07) is 0.349. The van der Waals surface area contributed by atoms with E-state index in [-0.39, 0.29) is 0 Å². The molecule has 0 aliphatic heterocycles. The van der Waals surface area contributed by atoms with Crippen LogP contribution in [-0.4, -0.2) is 24.0 Å². The van der Waals surface area contributed by atoms with Crippen LogP contribution < -0.4 is 5.32 Å². The maximum atomic E-state index is 11.9. The number of thioether (sulfide) groups is 1. The summed E-state index contributed by atoms with van der Waals surface area (Å²) in [5, 5.41) is 3.15. The minimum absolute atomic E-state index is 0.316. The molecular weight excluding hydrogens is 206 g/mol. The third-order valence-electron chi connectivity index (χ3n) is 3.76. The quantitative estimate of drug-likeness (QED) is 0.781. The Morgan fingerprint density at radius 3 is 2.67 bits per heavy atom. The molecule has 86 valence electrons. The average molecular weight is 227 g/mol. The zero-order chi connectivity index (χ0) is 10.8. The molecule has 0 aromatic carbocycles. The van der Waals surface area contributed by atoms with Gasteiger partial charge in [-0.05, 0) is 56.5 Å². The Kier molecular flexibility index (Phi) is 3.60. The predicted octanol–water partition coefficient (Wildman–Crippen LogP) is 2.29. The van der Waals surface area contributed by atoms with Crippen molar-refractivity contribution >= 4 is 17.7 Å². The van der Waals surface area contributed by atoms with Crippen molar-refractivity contribution in [3.63, 3.8) is 0 Å². The molecule has 0 radical (unpaired) electrons.